The van der Waals surface area contributed by atoms with Crippen LogP contribution in [0.25, 0.3) is 0 Å². The summed E-state index contributed by atoms with van der Waals surface area (Å²) in [6.07, 6.45) is 9.89. The molecule has 0 aromatic carbocycles. The minimum absolute atomic E-state index is 0.449. The molecule has 2 heterocycles. The van der Waals surface area contributed by atoms with Crippen LogP contribution < -0.4 is 5.32 Å². The van der Waals surface area contributed by atoms with Gasteiger partial charge in [0.2, 0.25) is 0 Å². The van der Waals surface area contributed by atoms with E-state index in [0.717, 1.165) is 12.6 Å². The third-order valence-electron chi connectivity index (χ3n) is 5.23. The quantitative estimate of drug-likeness (QED) is 0.833. The molecule has 0 aromatic heterocycles. The Bertz CT molecular complexity index is 270. The molecule has 0 bridgehead atoms. The van der Waals surface area contributed by atoms with E-state index in [1.165, 1.54) is 64.6 Å². The van der Waals surface area contributed by atoms with Gasteiger partial charge in [-0.05, 0) is 32.1 Å². The molecule has 3 fully saturated rings. The highest BCUT2D eigenvalue weighted by Crippen LogP contribution is 2.34. The zero-order valence-electron chi connectivity index (χ0n) is 11.8. The molecule has 1 N–H and O–H groups in total. The molecule has 0 amide bonds. The molecule has 3 rings (SSSR count). The lowest BCUT2D eigenvalue weighted by atomic mass is 9.91. The van der Waals surface area contributed by atoms with Gasteiger partial charge in [0.25, 0.3) is 0 Å². The molecule has 2 unspecified atom stereocenters. The predicted molar refractivity (Wildman–Crippen MR) is 73.8 cm³/mol. The smallest absolute Gasteiger partial charge is 0.0702 e. The minimum atomic E-state index is 0.449. The van der Waals surface area contributed by atoms with E-state index in [-0.39, 0.29) is 0 Å². The van der Waals surface area contributed by atoms with E-state index in [1.54, 1.807) is 0 Å². The van der Waals surface area contributed by atoms with Crippen LogP contribution in [0.3, 0.4) is 0 Å². The zero-order chi connectivity index (χ0) is 12.4. The van der Waals surface area contributed by atoms with E-state index in [0.29, 0.717) is 11.6 Å². The lowest BCUT2D eigenvalue weighted by Crippen LogP contribution is -2.63. The van der Waals surface area contributed by atoms with Crippen LogP contribution in [0.2, 0.25) is 0 Å². The number of nitrogens with one attached hydrogen (secondary N) is 1. The summed E-state index contributed by atoms with van der Waals surface area (Å²) < 4.78 is 5.84. The van der Waals surface area contributed by atoms with Crippen LogP contribution in [-0.2, 0) is 4.74 Å². The second-order valence-corrected chi connectivity index (χ2v) is 6.49. The van der Waals surface area contributed by atoms with Crippen molar-refractivity contribution in [3.63, 3.8) is 0 Å². The van der Waals surface area contributed by atoms with Crippen LogP contribution in [0.4, 0.5) is 0 Å². The highest BCUT2D eigenvalue weighted by molar-refractivity contribution is 5.01. The number of ether oxygens (including phenoxy) is 1. The fraction of sp³-hybridized carbons (Fsp3) is 1.00. The molecule has 1 aliphatic carbocycles. The summed E-state index contributed by atoms with van der Waals surface area (Å²) in [5.74, 6) is 0. The molecule has 3 aliphatic rings. The Hall–Kier alpha value is -0.120. The van der Waals surface area contributed by atoms with Crippen molar-refractivity contribution in [2.24, 2.45) is 0 Å². The van der Waals surface area contributed by atoms with E-state index in [9.17, 15) is 0 Å². The molecule has 2 saturated heterocycles. The Balaban J connectivity index is 1.63. The van der Waals surface area contributed by atoms with Gasteiger partial charge in [-0.2, -0.15) is 0 Å². The van der Waals surface area contributed by atoms with Gasteiger partial charge >= 0.3 is 0 Å². The Morgan fingerprint density at radius 3 is 2.78 bits per heavy atom. The first-order valence-electron chi connectivity index (χ1n) is 7.92. The molecule has 0 radical (unpaired) electrons. The second-order valence-electron chi connectivity index (χ2n) is 6.49. The van der Waals surface area contributed by atoms with Crippen LogP contribution in [0, 0.1) is 0 Å². The SMILES string of the molecule is CCC1CNC2(CCCC2)CN1CC1CCCO1. The number of hydrogen-bond donors (Lipinski definition) is 1. The Labute approximate surface area is 111 Å². The summed E-state index contributed by atoms with van der Waals surface area (Å²) in [4.78, 5) is 2.73. The van der Waals surface area contributed by atoms with Crippen molar-refractivity contribution in [1.29, 1.82) is 0 Å². The van der Waals surface area contributed by atoms with Gasteiger partial charge in [0.15, 0.2) is 0 Å². The van der Waals surface area contributed by atoms with Crippen LogP contribution in [-0.4, -0.2) is 48.8 Å². The monoisotopic (exact) mass is 252 g/mol. The first-order valence-corrected chi connectivity index (χ1v) is 7.92. The molecule has 104 valence electrons. The van der Waals surface area contributed by atoms with Crippen molar-refractivity contribution in [3.8, 4) is 0 Å². The minimum Gasteiger partial charge on any atom is -0.377 e. The summed E-state index contributed by atoms with van der Waals surface area (Å²) in [5, 5.41) is 3.87. The van der Waals surface area contributed by atoms with Gasteiger partial charge in [-0.3, -0.25) is 4.90 Å². The first-order chi connectivity index (χ1) is 8.81. The van der Waals surface area contributed by atoms with Gasteiger partial charge in [-0.1, -0.05) is 19.8 Å². The standard InChI is InChI=1S/C15H28N2O/c1-2-13-10-16-15(7-3-4-8-15)12-17(13)11-14-6-5-9-18-14/h13-14,16H,2-12H2,1H3. The zero-order valence-corrected chi connectivity index (χ0v) is 11.8. The normalized spacial score (nSPS) is 36.5. The average molecular weight is 252 g/mol. The topological polar surface area (TPSA) is 24.5 Å². The summed E-state index contributed by atoms with van der Waals surface area (Å²) in [7, 11) is 0. The highest BCUT2D eigenvalue weighted by Gasteiger charge is 2.41. The maximum absolute atomic E-state index is 5.84. The molecule has 18 heavy (non-hydrogen) atoms. The van der Waals surface area contributed by atoms with Crippen molar-refractivity contribution in [2.45, 2.75) is 69.6 Å². The first kappa shape index (κ1) is 12.9. The largest absolute Gasteiger partial charge is 0.377 e. The van der Waals surface area contributed by atoms with Gasteiger partial charge in [0.1, 0.15) is 0 Å². The molecular formula is C15H28N2O. The highest BCUT2D eigenvalue weighted by atomic mass is 16.5. The van der Waals surface area contributed by atoms with E-state index < -0.39 is 0 Å². The second kappa shape index (κ2) is 5.48. The Kier molecular flexibility index (Phi) is 3.92. The van der Waals surface area contributed by atoms with Crippen molar-refractivity contribution >= 4 is 0 Å². The van der Waals surface area contributed by atoms with E-state index in [4.69, 9.17) is 4.74 Å². The summed E-state index contributed by atoms with van der Waals surface area (Å²) in [6, 6.07) is 0.723. The van der Waals surface area contributed by atoms with Crippen LogP contribution in [0.5, 0.6) is 0 Å². The fourth-order valence-electron chi connectivity index (χ4n) is 4.09. The molecule has 2 aliphatic heterocycles. The van der Waals surface area contributed by atoms with Gasteiger partial charge in [0.05, 0.1) is 6.10 Å². The Morgan fingerprint density at radius 1 is 1.28 bits per heavy atom. The molecule has 1 spiro atoms. The van der Waals surface area contributed by atoms with Gasteiger partial charge in [-0.15, -0.1) is 0 Å². The molecule has 1 saturated carbocycles. The van der Waals surface area contributed by atoms with Crippen molar-refractivity contribution in [2.75, 3.05) is 26.2 Å². The number of nitrogens with zero attached hydrogens (tertiary/aromatic N) is 1. The summed E-state index contributed by atoms with van der Waals surface area (Å²) >= 11 is 0. The van der Waals surface area contributed by atoms with Crippen LogP contribution in [0.15, 0.2) is 0 Å². The van der Waals surface area contributed by atoms with Crippen LogP contribution in [0.1, 0.15) is 51.9 Å². The predicted octanol–water partition coefficient (Wildman–Crippen LogP) is 2.16. The molecule has 0 aromatic rings. The van der Waals surface area contributed by atoms with Gasteiger partial charge in [-0.25, -0.2) is 0 Å². The van der Waals surface area contributed by atoms with Gasteiger partial charge in [0, 0.05) is 37.8 Å². The van der Waals surface area contributed by atoms with Crippen molar-refractivity contribution in [1.82, 2.24) is 10.2 Å². The molecule has 3 heteroatoms. The lowest BCUT2D eigenvalue weighted by molar-refractivity contribution is 0.0194. The van der Waals surface area contributed by atoms with Gasteiger partial charge < -0.3 is 10.1 Å². The molecule has 2 atom stereocenters. The summed E-state index contributed by atoms with van der Waals surface area (Å²) in [6.45, 7) is 6.91. The Morgan fingerprint density at radius 2 is 2.11 bits per heavy atom. The van der Waals surface area contributed by atoms with Crippen molar-refractivity contribution in [3.05, 3.63) is 0 Å². The molecular weight excluding hydrogens is 224 g/mol. The third kappa shape index (κ3) is 2.59. The van der Waals surface area contributed by atoms with E-state index >= 15 is 0 Å². The number of hydrogen-bond acceptors (Lipinski definition) is 3. The third-order valence-corrected chi connectivity index (χ3v) is 5.23. The maximum atomic E-state index is 5.84. The van der Waals surface area contributed by atoms with E-state index in [1.807, 2.05) is 0 Å². The lowest BCUT2D eigenvalue weighted by Gasteiger charge is -2.47. The van der Waals surface area contributed by atoms with E-state index in [2.05, 4.69) is 17.1 Å². The summed E-state index contributed by atoms with van der Waals surface area (Å²) in [5.41, 5.74) is 0.449. The maximum Gasteiger partial charge on any atom is 0.0702 e. The van der Waals surface area contributed by atoms with Crippen LogP contribution >= 0.6 is 0 Å². The molecule has 3 nitrogen and oxygen atoms in total. The van der Waals surface area contributed by atoms with Crippen molar-refractivity contribution < 1.29 is 4.74 Å². The number of piperazine rings is 1. The average Bonchev–Trinajstić information content (AvgIpc) is 3.02. The fourth-order valence-corrected chi connectivity index (χ4v) is 4.09. The number of rotatable bonds is 3.